The van der Waals surface area contributed by atoms with Crippen molar-refractivity contribution in [2.75, 3.05) is 26.2 Å². The fourth-order valence-electron chi connectivity index (χ4n) is 4.35. The number of carbonyl (C=O) groups is 2. The molecule has 2 aliphatic rings. The molecule has 2 aliphatic heterocycles. The highest BCUT2D eigenvalue weighted by molar-refractivity contribution is 5.93. The number of rotatable bonds is 4. The Morgan fingerprint density at radius 3 is 2.39 bits per heavy atom. The van der Waals surface area contributed by atoms with Crippen LogP contribution in [-0.2, 0) is 29.1 Å². The molecular formula is C25H27N5O3. The molecule has 0 aliphatic carbocycles. The maximum absolute atomic E-state index is 13.1. The summed E-state index contributed by atoms with van der Waals surface area (Å²) in [4.78, 5) is 29.4. The Bertz CT molecular complexity index is 1130. The fraction of sp³-hybridized carbons (Fsp3) is 0.360. The summed E-state index contributed by atoms with van der Waals surface area (Å²) in [6.45, 7) is 4.86. The SMILES string of the molecule is Cc1ccc(CC(=O)N2CCN(C(=O)c3nnn4c3COC(c3ccccc3)C4)CC2)cc1. The number of ether oxygens (including phenoxy) is 1. The predicted molar refractivity (Wildman–Crippen MR) is 121 cm³/mol. The molecule has 1 unspecified atom stereocenters. The Morgan fingerprint density at radius 2 is 1.67 bits per heavy atom. The minimum Gasteiger partial charge on any atom is -0.365 e. The number of amides is 2. The second kappa shape index (κ2) is 9.15. The second-order valence-corrected chi connectivity index (χ2v) is 8.61. The number of piperazine rings is 1. The number of hydrogen-bond acceptors (Lipinski definition) is 5. The van der Waals surface area contributed by atoms with Gasteiger partial charge in [-0.1, -0.05) is 65.4 Å². The average Bonchev–Trinajstić information content (AvgIpc) is 3.29. The van der Waals surface area contributed by atoms with E-state index >= 15 is 0 Å². The molecule has 1 saturated heterocycles. The van der Waals surface area contributed by atoms with Gasteiger partial charge in [-0.3, -0.25) is 9.59 Å². The van der Waals surface area contributed by atoms with Crippen molar-refractivity contribution < 1.29 is 14.3 Å². The van der Waals surface area contributed by atoms with Gasteiger partial charge in [-0.15, -0.1) is 5.10 Å². The molecule has 2 amide bonds. The number of aromatic nitrogens is 3. The van der Waals surface area contributed by atoms with E-state index in [9.17, 15) is 9.59 Å². The van der Waals surface area contributed by atoms with Crippen LogP contribution in [0, 0.1) is 6.92 Å². The standard InChI is InChI=1S/C25H27N5O3/c1-18-7-9-19(10-8-18)15-23(31)28-11-13-29(14-12-28)25(32)24-21-17-33-22(16-30(21)27-26-24)20-5-3-2-4-6-20/h2-10,22H,11-17H2,1H3. The third-order valence-corrected chi connectivity index (χ3v) is 6.37. The van der Waals surface area contributed by atoms with E-state index in [1.165, 1.54) is 5.56 Å². The molecule has 3 heterocycles. The summed E-state index contributed by atoms with van der Waals surface area (Å²) >= 11 is 0. The summed E-state index contributed by atoms with van der Waals surface area (Å²) in [5.74, 6) is -0.0593. The van der Waals surface area contributed by atoms with E-state index in [-0.39, 0.29) is 17.9 Å². The van der Waals surface area contributed by atoms with Gasteiger partial charge in [0.05, 0.1) is 25.3 Å². The van der Waals surface area contributed by atoms with E-state index in [4.69, 9.17) is 4.74 Å². The molecule has 8 nitrogen and oxygen atoms in total. The molecule has 8 heteroatoms. The highest BCUT2D eigenvalue weighted by Crippen LogP contribution is 2.27. The van der Waals surface area contributed by atoms with Crippen molar-refractivity contribution in [3.8, 4) is 0 Å². The highest BCUT2D eigenvalue weighted by atomic mass is 16.5. The first-order valence-electron chi connectivity index (χ1n) is 11.3. The molecule has 0 spiro atoms. The smallest absolute Gasteiger partial charge is 0.276 e. The number of fused-ring (bicyclic) bond motifs is 1. The quantitative estimate of drug-likeness (QED) is 0.616. The van der Waals surface area contributed by atoms with Gasteiger partial charge in [0.1, 0.15) is 6.10 Å². The summed E-state index contributed by atoms with van der Waals surface area (Å²) in [5, 5.41) is 8.40. The van der Waals surface area contributed by atoms with Crippen LogP contribution in [0.15, 0.2) is 54.6 Å². The van der Waals surface area contributed by atoms with E-state index in [1.54, 1.807) is 9.58 Å². The van der Waals surface area contributed by atoms with Crippen LogP contribution in [0.3, 0.4) is 0 Å². The summed E-state index contributed by atoms with van der Waals surface area (Å²) in [6.07, 6.45) is 0.276. The first-order valence-corrected chi connectivity index (χ1v) is 11.3. The Kier molecular flexibility index (Phi) is 5.92. The van der Waals surface area contributed by atoms with Crippen LogP contribution in [0.4, 0.5) is 0 Å². The van der Waals surface area contributed by atoms with Crippen LogP contribution in [0.5, 0.6) is 0 Å². The molecular weight excluding hydrogens is 418 g/mol. The van der Waals surface area contributed by atoms with Crippen molar-refractivity contribution in [2.45, 2.75) is 32.6 Å². The van der Waals surface area contributed by atoms with Crippen molar-refractivity contribution in [2.24, 2.45) is 0 Å². The minimum atomic E-state index is -0.149. The molecule has 0 radical (unpaired) electrons. The van der Waals surface area contributed by atoms with Gasteiger partial charge in [-0.05, 0) is 18.1 Å². The second-order valence-electron chi connectivity index (χ2n) is 8.61. The molecule has 2 aromatic carbocycles. The Hall–Kier alpha value is -3.52. The topological polar surface area (TPSA) is 80.6 Å². The van der Waals surface area contributed by atoms with E-state index in [0.29, 0.717) is 57.1 Å². The first-order chi connectivity index (χ1) is 16.1. The van der Waals surface area contributed by atoms with E-state index in [2.05, 4.69) is 10.3 Å². The zero-order chi connectivity index (χ0) is 22.8. The van der Waals surface area contributed by atoms with E-state index < -0.39 is 0 Å². The summed E-state index contributed by atoms with van der Waals surface area (Å²) in [5.41, 5.74) is 4.33. The zero-order valence-corrected chi connectivity index (χ0v) is 18.7. The van der Waals surface area contributed by atoms with Gasteiger partial charge in [0.25, 0.3) is 5.91 Å². The Labute approximate surface area is 192 Å². The summed E-state index contributed by atoms with van der Waals surface area (Å²) in [6, 6.07) is 18.0. The normalized spacial score (nSPS) is 18.2. The van der Waals surface area contributed by atoms with Crippen molar-refractivity contribution in [1.29, 1.82) is 0 Å². The molecule has 3 aromatic rings. The van der Waals surface area contributed by atoms with Gasteiger partial charge in [0.15, 0.2) is 5.69 Å². The lowest BCUT2D eigenvalue weighted by molar-refractivity contribution is -0.131. The zero-order valence-electron chi connectivity index (χ0n) is 18.7. The van der Waals surface area contributed by atoms with Crippen molar-refractivity contribution >= 4 is 11.8 Å². The van der Waals surface area contributed by atoms with Gasteiger partial charge < -0.3 is 14.5 Å². The average molecular weight is 446 g/mol. The maximum atomic E-state index is 13.1. The fourth-order valence-corrected chi connectivity index (χ4v) is 4.35. The van der Waals surface area contributed by atoms with Crippen LogP contribution in [-0.4, -0.2) is 62.8 Å². The number of aryl methyl sites for hydroxylation is 1. The molecule has 5 rings (SSSR count). The highest BCUT2D eigenvalue weighted by Gasteiger charge is 2.32. The lowest BCUT2D eigenvalue weighted by Crippen LogP contribution is -2.51. The molecule has 0 N–H and O–H groups in total. The molecule has 0 bridgehead atoms. The minimum absolute atomic E-state index is 0.0901. The third kappa shape index (κ3) is 4.52. The number of hydrogen-bond donors (Lipinski definition) is 0. The largest absolute Gasteiger partial charge is 0.365 e. The molecule has 33 heavy (non-hydrogen) atoms. The molecule has 170 valence electrons. The van der Waals surface area contributed by atoms with Crippen LogP contribution in [0.2, 0.25) is 0 Å². The summed E-state index contributed by atoms with van der Waals surface area (Å²) < 4.78 is 7.79. The monoisotopic (exact) mass is 445 g/mol. The van der Waals surface area contributed by atoms with Crippen LogP contribution in [0.25, 0.3) is 0 Å². The van der Waals surface area contributed by atoms with Crippen molar-refractivity contribution in [3.63, 3.8) is 0 Å². The van der Waals surface area contributed by atoms with Crippen molar-refractivity contribution in [3.05, 3.63) is 82.7 Å². The Balaban J connectivity index is 1.18. The molecule has 1 aromatic heterocycles. The lowest BCUT2D eigenvalue weighted by atomic mass is 10.1. The number of nitrogens with zero attached hydrogens (tertiary/aromatic N) is 5. The maximum Gasteiger partial charge on any atom is 0.276 e. The number of benzene rings is 2. The van der Waals surface area contributed by atoms with Gasteiger partial charge >= 0.3 is 0 Å². The predicted octanol–water partition coefficient (Wildman–Crippen LogP) is 2.39. The van der Waals surface area contributed by atoms with Crippen molar-refractivity contribution in [1.82, 2.24) is 24.8 Å². The summed E-state index contributed by atoms with van der Waals surface area (Å²) in [7, 11) is 0. The molecule has 0 saturated carbocycles. The Morgan fingerprint density at radius 1 is 0.970 bits per heavy atom. The molecule has 1 atom stereocenters. The van der Waals surface area contributed by atoms with E-state index in [1.807, 2.05) is 66.4 Å². The van der Waals surface area contributed by atoms with Gasteiger partial charge in [-0.25, -0.2) is 4.68 Å². The number of carbonyl (C=O) groups excluding carboxylic acids is 2. The van der Waals surface area contributed by atoms with Gasteiger partial charge in [-0.2, -0.15) is 0 Å². The van der Waals surface area contributed by atoms with Crippen LogP contribution < -0.4 is 0 Å². The van der Waals surface area contributed by atoms with Gasteiger partial charge in [0.2, 0.25) is 5.91 Å². The molecule has 1 fully saturated rings. The van der Waals surface area contributed by atoms with Gasteiger partial charge in [0, 0.05) is 26.2 Å². The van der Waals surface area contributed by atoms with E-state index in [0.717, 1.165) is 11.1 Å². The third-order valence-electron chi connectivity index (χ3n) is 6.37. The van der Waals surface area contributed by atoms with Crippen LogP contribution in [0.1, 0.15) is 39.0 Å². The van der Waals surface area contributed by atoms with Crippen LogP contribution >= 0.6 is 0 Å². The lowest BCUT2D eigenvalue weighted by Gasteiger charge is -2.34. The first kappa shape index (κ1) is 21.3.